The Balaban J connectivity index is 2.17. The van der Waals surface area contributed by atoms with E-state index in [-0.39, 0.29) is 0 Å². The average Bonchev–Trinajstić information content (AvgIpc) is 3.05. The highest BCUT2D eigenvalue weighted by Crippen LogP contribution is 2.33. The molecule has 0 bridgehead atoms. The smallest absolute Gasteiger partial charge is 0.398 e. The fraction of sp³-hybridized carbons (Fsp3) is 0.150. The highest BCUT2D eigenvalue weighted by molar-refractivity contribution is 7.97. The van der Waals surface area contributed by atoms with Gasteiger partial charge in [0.1, 0.15) is 0 Å². The van der Waals surface area contributed by atoms with Gasteiger partial charge >= 0.3 is 6.18 Å². The van der Waals surface area contributed by atoms with Crippen molar-refractivity contribution in [2.45, 2.75) is 11.1 Å². The van der Waals surface area contributed by atoms with Crippen LogP contribution in [0, 0.1) is 0 Å². The van der Waals surface area contributed by atoms with Gasteiger partial charge in [-0.15, -0.1) is 0 Å². The Labute approximate surface area is 165 Å². The molecule has 0 unspecified atom stereocenters. The number of allylic oxidation sites excluding steroid dienone is 1. The van der Waals surface area contributed by atoms with Crippen molar-refractivity contribution in [3.8, 4) is 5.69 Å². The number of halogens is 3. The molecular weight excluding hydrogens is 385 g/mol. The van der Waals surface area contributed by atoms with Crippen molar-refractivity contribution in [3.05, 3.63) is 65.9 Å². The van der Waals surface area contributed by atoms with Gasteiger partial charge in [-0.1, -0.05) is 0 Å². The quantitative estimate of drug-likeness (QED) is 0.471. The van der Waals surface area contributed by atoms with Crippen LogP contribution in [0.4, 0.5) is 13.2 Å². The first-order valence-corrected chi connectivity index (χ1v) is 9.21. The molecule has 0 aliphatic rings. The van der Waals surface area contributed by atoms with Crippen LogP contribution in [-0.4, -0.2) is 24.9 Å². The van der Waals surface area contributed by atoms with Crippen LogP contribution in [-0.2, 0) is 6.18 Å². The predicted octanol–water partition coefficient (Wildman–Crippen LogP) is 4.88. The number of aromatic nitrogens is 1. The molecule has 0 atom stereocenters. The number of nitrogens with one attached hydrogen (secondary N) is 1. The number of benzene rings is 2. The molecule has 0 radical (unpaired) electrons. The van der Waals surface area contributed by atoms with Gasteiger partial charge < -0.3 is 10.3 Å². The maximum Gasteiger partial charge on any atom is 0.416 e. The second kappa shape index (κ2) is 8.12. The second-order valence-corrected chi connectivity index (χ2v) is 7.06. The van der Waals surface area contributed by atoms with E-state index in [1.165, 1.54) is 24.1 Å². The largest absolute Gasteiger partial charge is 0.416 e. The number of hydrogen-bond acceptors (Lipinski definition) is 4. The molecule has 0 spiro atoms. The second-order valence-electron chi connectivity index (χ2n) is 5.97. The normalized spacial score (nSPS) is 13.0. The summed E-state index contributed by atoms with van der Waals surface area (Å²) in [6.07, 6.45) is 0.761. The van der Waals surface area contributed by atoms with Crippen molar-refractivity contribution < 1.29 is 13.2 Å². The first-order chi connectivity index (χ1) is 13.3. The van der Waals surface area contributed by atoms with Crippen LogP contribution >= 0.6 is 11.9 Å². The zero-order chi connectivity index (χ0) is 20.3. The zero-order valence-corrected chi connectivity index (χ0v) is 16.1. The fourth-order valence-electron chi connectivity index (χ4n) is 2.89. The minimum Gasteiger partial charge on any atom is -0.398 e. The summed E-state index contributed by atoms with van der Waals surface area (Å²) in [5, 5.41) is 0.901. The van der Waals surface area contributed by atoms with E-state index < -0.39 is 11.7 Å². The monoisotopic (exact) mass is 404 g/mol. The Morgan fingerprint density at radius 1 is 1.18 bits per heavy atom. The highest BCUT2D eigenvalue weighted by Gasteiger charge is 2.30. The topological polar surface area (TPSA) is 55.3 Å². The molecule has 3 aromatic rings. The Morgan fingerprint density at radius 2 is 1.89 bits per heavy atom. The van der Waals surface area contributed by atoms with E-state index in [1.54, 1.807) is 19.3 Å². The lowest BCUT2D eigenvalue weighted by Crippen LogP contribution is -2.04. The van der Waals surface area contributed by atoms with E-state index in [1.807, 2.05) is 36.0 Å². The van der Waals surface area contributed by atoms with Crippen LogP contribution in [0.1, 0.15) is 11.1 Å². The van der Waals surface area contributed by atoms with Gasteiger partial charge in [0, 0.05) is 46.7 Å². The molecule has 0 saturated heterocycles. The summed E-state index contributed by atoms with van der Waals surface area (Å²) in [5.41, 5.74) is 8.32. The lowest BCUT2D eigenvalue weighted by atomic mass is 10.1. The third-order valence-corrected chi connectivity index (χ3v) is 4.88. The first-order valence-electron chi connectivity index (χ1n) is 8.39. The SMILES string of the molecule is CN=CC=C(N)c1cn(-c2ccc(C(F)(F)F)cc2)c2ccc(SNC)cc12. The van der Waals surface area contributed by atoms with Crippen LogP contribution in [0.25, 0.3) is 22.3 Å². The number of fused-ring (bicyclic) bond motifs is 1. The van der Waals surface area contributed by atoms with E-state index >= 15 is 0 Å². The number of nitrogens with zero attached hydrogens (tertiary/aromatic N) is 2. The summed E-state index contributed by atoms with van der Waals surface area (Å²) in [7, 11) is 3.48. The summed E-state index contributed by atoms with van der Waals surface area (Å²) in [5.74, 6) is 0. The van der Waals surface area contributed by atoms with Crippen LogP contribution in [0.5, 0.6) is 0 Å². The van der Waals surface area contributed by atoms with Gasteiger partial charge in [-0.2, -0.15) is 13.2 Å². The lowest BCUT2D eigenvalue weighted by molar-refractivity contribution is -0.137. The van der Waals surface area contributed by atoms with Crippen molar-refractivity contribution in [2.24, 2.45) is 10.7 Å². The Kier molecular flexibility index (Phi) is 5.81. The molecule has 1 heterocycles. The molecule has 3 N–H and O–H groups in total. The van der Waals surface area contributed by atoms with Crippen LogP contribution in [0.2, 0.25) is 0 Å². The van der Waals surface area contributed by atoms with Gasteiger partial charge in [0.2, 0.25) is 0 Å². The highest BCUT2D eigenvalue weighted by atomic mass is 32.2. The number of rotatable bonds is 5. The summed E-state index contributed by atoms with van der Waals surface area (Å²) < 4.78 is 43.5. The molecule has 4 nitrogen and oxygen atoms in total. The molecule has 0 aliphatic heterocycles. The number of alkyl halides is 3. The van der Waals surface area contributed by atoms with Crippen molar-refractivity contribution >= 4 is 34.8 Å². The maximum absolute atomic E-state index is 12.9. The molecule has 0 aliphatic carbocycles. The molecule has 1 aromatic heterocycles. The summed E-state index contributed by atoms with van der Waals surface area (Å²) >= 11 is 1.47. The van der Waals surface area contributed by atoms with Gasteiger partial charge in [-0.25, -0.2) is 0 Å². The molecule has 146 valence electrons. The van der Waals surface area contributed by atoms with Crippen LogP contribution in [0.3, 0.4) is 0 Å². The minimum atomic E-state index is -4.37. The first kappa shape index (κ1) is 20.0. The zero-order valence-electron chi connectivity index (χ0n) is 15.3. The van der Waals surface area contributed by atoms with Crippen LogP contribution in [0.15, 0.2) is 64.6 Å². The Bertz CT molecular complexity index is 1030. The van der Waals surface area contributed by atoms with E-state index in [0.29, 0.717) is 11.4 Å². The van der Waals surface area contributed by atoms with Crippen molar-refractivity contribution in [1.29, 1.82) is 0 Å². The Hall–Kier alpha value is -2.71. The fourth-order valence-corrected chi connectivity index (χ4v) is 3.44. The van der Waals surface area contributed by atoms with Gasteiger partial charge in [-0.05, 0) is 67.5 Å². The molecule has 3 rings (SSSR count). The molecular formula is C20H19F3N4S. The molecule has 28 heavy (non-hydrogen) atoms. The van der Waals surface area contributed by atoms with Gasteiger partial charge in [0.15, 0.2) is 0 Å². The average molecular weight is 404 g/mol. The van der Waals surface area contributed by atoms with E-state index in [9.17, 15) is 13.2 Å². The number of nitrogens with two attached hydrogens (primary N) is 1. The molecule has 0 fully saturated rings. The molecule has 8 heteroatoms. The van der Waals surface area contributed by atoms with Crippen molar-refractivity contribution in [3.63, 3.8) is 0 Å². The summed E-state index contributed by atoms with van der Waals surface area (Å²) in [4.78, 5) is 4.92. The summed E-state index contributed by atoms with van der Waals surface area (Å²) in [6, 6.07) is 10.9. The molecule has 2 aromatic carbocycles. The third-order valence-electron chi connectivity index (χ3n) is 4.18. The predicted molar refractivity (Wildman–Crippen MR) is 110 cm³/mol. The van der Waals surface area contributed by atoms with Gasteiger partial charge in [-0.3, -0.25) is 9.71 Å². The van der Waals surface area contributed by atoms with E-state index in [0.717, 1.165) is 33.5 Å². The van der Waals surface area contributed by atoms with Crippen molar-refractivity contribution in [2.75, 3.05) is 14.1 Å². The third kappa shape index (κ3) is 4.07. The van der Waals surface area contributed by atoms with Gasteiger partial charge in [0.25, 0.3) is 0 Å². The summed E-state index contributed by atoms with van der Waals surface area (Å²) in [6.45, 7) is 0. The Morgan fingerprint density at radius 3 is 2.50 bits per heavy atom. The van der Waals surface area contributed by atoms with Crippen LogP contribution < -0.4 is 10.5 Å². The standard InChI is InChI=1S/C20H19F3N4S/c1-25-10-9-18(24)17-12-27(14-5-3-13(4-6-14)20(21,22)23)19-8-7-15(28-26-2)11-16(17)19/h3-12,26H,24H2,1-2H3. The molecule has 0 amide bonds. The van der Waals surface area contributed by atoms with E-state index in [2.05, 4.69) is 9.71 Å². The minimum absolute atomic E-state index is 0.521. The van der Waals surface area contributed by atoms with Crippen molar-refractivity contribution in [1.82, 2.24) is 9.29 Å². The lowest BCUT2D eigenvalue weighted by Gasteiger charge is -2.09. The molecule has 0 saturated carbocycles. The number of hydrogen-bond donors (Lipinski definition) is 2. The van der Waals surface area contributed by atoms with E-state index in [4.69, 9.17) is 5.73 Å². The maximum atomic E-state index is 12.9. The van der Waals surface area contributed by atoms with Gasteiger partial charge in [0.05, 0.1) is 11.1 Å². The number of aliphatic imine (C=N–C) groups is 1.